The van der Waals surface area contributed by atoms with Crippen LogP contribution in [0.15, 0.2) is 40.8 Å². The van der Waals surface area contributed by atoms with Gasteiger partial charge in [0, 0.05) is 5.02 Å². The molecule has 0 unspecified atom stereocenters. The van der Waals surface area contributed by atoms with E-state index in [1.54, 1.807) is 12.1 Å². The second kappa shape index (κ2) is 5.06. The lowest BCUT2D eigenvalue weighted by atomic mass is 10.2. The van der Waals surface area contributed by atoms with Crippen LogP contribution in [0.5, 0.6) is 5.75 Å². The van der Waals surface area contributed by atoms with Crippen LogP contribution in [0.4, 0.5) is 5.69 Å². The number of fused-ring (bicyclic) bond motifs is 1. The lowest BCUT2D eigenvalue weighted by molar-refractivity contribution is 0.265. The van der Waals surface area contributed by atoms with E-state index >= 15 is 0 Å². The van der Waals surface area contributed by atoms with E-state index in [2.05, 4.69) is 4.98 Å². The number of hydrogen-bond acceptors (Lipinski definition) is 4. The van der Waals surface area contributed by atoms with Crippen molar-refractivity contribution >= 4 is 28.4 Å². The zero-order chi connectivity index (χ0) is 14.1. The number of para-hydroxylation sites is 1. The van der Waals surface area contributed by atoms with Gasteiger partial charge in [-0.2, -0.15) is 0 Å². The fourth-order valence-corrected chi connectivity index (χ4v) is 2.11. The molecule has 3 rings (SSSR count). The molecule has 2 N–H and O–H groups in total. The summed E-state index contributed by atoms with van der Waals surface area (Å²) in [7, 11) is 0. The van der Waals surface area contributed by atoms with Gasteiger partial charge in [-0.25, -0.2) is 4.98 Å². The molecule has 1 heterocycles. The Labute approximate surface area is 121 Å². The van der Waals surface area contributed by atoms with E-state index in [1.807, 2.05) is 31.2 Å². The van der Waals surface area contributed by atoms with Crippen molar-refractivity contribution in [1.29, 1.82) is 0 Å². The number of rotatable bonds is 3. The van der Waals surface area contributed by atoms with Crippen molar-refractivity contribution < 1.29 is 9.15 Å². The highest BCUT2D eigenvalue weighted by molar-refractivity contribution is 6.30. The number of nitrogens with zero attached hydrogens (tertiary/aromatic N) is 1. The molecular weight excluding hydrogens is 276 g/mol. The van der Waals surface area contributed by atoms with E-state index in [1.165, 1.54) is 0 Å². The first-order valence-electron chi connectivity index (χ1n) is 6.16. The Kier molecular flexibility index (Phi) is 3.24. The van der Waals surface area contributed by atoms with Gasteiger partial charge in [-0.1, -0.05) is 23.7 Å². The number of benzene rings is 2. The summed E-state index contributed by atoms with van der Waals surface area (Å²) in [5.41, 5.74) is 8.76. The van der Waals surface area contributed by atoms with E-state index in [-0.39, 0.29) is 6.61 Å². The molecule has 20 heavy (non-hydrogen) atoms. The molecule has 0 saturated carbocycles. The van der Waals surface area contributed by atoms with E-state index in [9.17, 15) is 0 Å². The highest BCUT2D eigenvalue weighted by atomic mass is 35.5. The van der Waals surface area contributed by atoms with Gasteiger partial charge in [0.15, 0.2) is 12.2 Å². The molecule has 0 saturated heterocycles. The number of nitrogens with two attached hydrogens (primary N) is 1. The second-order valence-electron chi connectivity index (χ2n) is 4.50. The minimum absolute atomic E-state index is 0.231. The van der Waals surface area contributed by atoms with Crippen LogP contribution >= 0.6 is 11.6 Å². The normalized spacial score (nSPS) is 10.9. The summed E-state index contributed by atoms with van der Waals surface area (Å²) < 4.78 is 11.3. The van der Waals surface area contributed by atoms with Gasteiger partial charge in [-0.15, -0.1) is 0 Å². The Bertz CT molecular complexity index is 768. The first-order valence-corrected chi connectivity index (χ1v) is 6.54. The molecule has 0 aliphatic heterocycles. The zero-order valence-corrected chi connectivity index (χ0v) is 11.6. The van der Waals surface area contributed by atoms with Gasteiger partial charge in [0.1, 0.15) is 11.3 Å². The smallest absolute Gasteiger partial charge is 0.233 e. The minimum atomic E-state index is 0.231. The molecule has 0 atom stereocenters. The van der Waals surface area contributed by atoms with Gasteiger partial charge in [-0.3, -0.25) is 0 Å². The molecule has 0 bridgehead atoms. The number of ether oxygens (including phenoxy) is 1. The molecule has 102 valence electrons. The van der Waals surface area contributed by atoms with Crippen molar-refractivity contribution in [2.75, 3.05) is 5.73 Å². The molecule has 0 aliphatic carbocycles. The van der Waals surface area contributed by atoms with Crippen molar-refractivity contribution in [1.82, 2.24) is 4.98 Å². The van der Waals surface area contributed by atoms with E-state index in [0.717, 1.165) is 5.56 Å². The maximum atomic E-state index is 5.95. The Morgan fingerprint density at radius 3 is 2.95 bits per heavy atom. The Balaban J connectivity index is 1.83. The molecule has 0 radical (unpaired) electrons. The largest absolute Gasteiger partial charge is 0.484 e. The van der Waals surface area contributed by atoms with Crippen LogP contribution in [0, 0.1) is 6.92 Å². The second-order valence-corrected chi connectivity index (χ2v) is 4.94. The molecule has 5 heteroatoms. The van der Waals surface area contributed by atoms with Gasteiger partial charge >= 0.3 is 0 Å². The average Bonchev–Trinajstić information content (AvgIpc) is 2.84. The summed E-state index contributed by atoms with van der Waals surface area (Å²) in [5, 5.41) is 0.632. The molecule has 0 fully saturated rings. The van der Waals surface area contributed by atoms with Crippen LogP contribution < -0.4 is 10.5 Å². The minimum Gasteiger partial charge on any atom is -0.484 e. The summed E-state index contributed by atoms with van der Waals surface area (Å²) in [5.74, 6) is 1.20. The van der Waals surface area contributed by atoms with Gasteiger partial charge < -0.3 is 14.9 Å². The highest BCUT2D eigenvalue weighted by Gasteiger charge is 2.09. The number of nitrogen functional groups attached to an aromatic ring is 1. The third-order valence-corrected chi connectivity index (χ3v) is 3.23. The lowest BCUT2D eigenvalue weighted by Crippen LogP contribution is -1.97. The standard InChI is InChI=1S/C15H13ClN2O2/c1-9-5-6-10(16)7-13(9)19-8-14-18-15-11(17)3-2-4-12(15)20-14/h2-7H,8,17H2,1H3. The van der Waals surface area contributed by atoms with Crippen LogP contribution in [0.2, 0.25) is 5.02 Å². The van der Waals surface area contributed by atoms with Gasteiger partial charge in [0.2, 0.25) is 5.89 Å². The van der Waals surface area contributed by atoms with Crippen molar-refractivity contribution in [3.05, 3.63) is 52.9 Å². The molecule has 0 aliphatic rings. The summed E-state index contributed by atoms with van der Waals surface area (Å²) in [4.78, 5) is 4.33. The quantitative estimate of drug-likeness (QED) is 0.741. The van der Waals surface area contributed by atoms with Crippen LogP contribution in [-0.4, -0.2) is 4.98 Å². The summed E-state index contributed by atoms with van der Waals surface area (Å²) in [6.07, 6.45) is 0. The van der Waals surface area contributed by atoms with E-state index < -0.39 is 0 Å². The summed E-state index contributed by atoms with van der Waals surface area (Å²) in [6, 6.07) is 10.9. The van der Waals surface area contributed by atoms with E-state index in [4.69, 9.17) is 26.5 Å². The van der Waals surface area contributed by atoms with Crippen molar-refractivity contribution in [2.24, 2.45) is 0 Å². The zero-order valence-electron chi connectivity index (χ0n) is 10.9. The predicted molar refractivity (Wildman–Crippen MR) is 78.9 cm³/mol. The molecule has 3 aromatic rings. The maximum Gasteiger partial charge on any atom is 0.233 e. The number of aromatic nitrogens is 1. The first kappa shape index (κ1) is 12.8. The number of oxazole rings is 1. The van der Waals surface area contributed by atoms with Gasteiger partial charge in [-0.05, 0) is 36.8 Å². The van der Waals surface area contributed by atoms with Gasteiger partial charge in [0.05, 0.1) is 5.69 Å². The molecule has 0 amide bonds. The summed E-state index contributed by atoms with van der Waals surface area (Å²) >= 11 is 5.95. The number of aryl methyl sites for hydroxylation is 1. The van der Waals surface area contributed by atoms with Crippen LogP contribution in [-0.2, 0) is 6.61 Å². The monoisotopic (exact) mass is 288 g/mol. The topological polar surface area (TPSA) is 61.3 Å². The van der Waals surface area contributed by atoms with Crippen molar-refractivity contribution in [3.63, 3.8) is 0 Å². The average molecular weight is 289 g/mol. The summed E-state index contributed by atoms with van der Waals surface area (Å²) in [6.45, 7) is 2.19. The first-order chi connectivity index (χ1) is 9.63. The molecule has 1 aromatic heterocycles. The molecule has 4 nitrogen and oxygen atoms in total. The Hall–Kier alpha value is -2.20. The van der Waals surface area contributed by atoms with E-state index in [0.29, 0.717) is 33.4 Å². The maximum absolute atomic E-state index is 5.95. The molecule has 2 aromatic carbocycles. The number of hydrogen-bond donors (Lipinski definition) is 1. The number of halogens is 1. The molecular formula is C15H13ClN2O2. The third kappa shape index (κ3) is 2.42. The van der Waals surface area contributed by atoms with Crippen molar-refractivity contribution in [2.45, 2.75) is 13.5 Å². The predicted octanol–water partition coefficient (Wildman–Crippen LogP) is 3.95. The third-order valence-electron chi connectivity index (χ3n) is 3.00. The Morgan fingerprint density at radius 1 is 1.30 bits per heavy atom. The SMILES string of the molecule is Cc1ccc(Cl)cc1OCc1nc2c(N)cccc2o1. The fourth-order valence-electron chi connectivity index (χ4n) is 1.95. The Morgan fingerprint density at radius 2 is 2.15 bits per heavy atom. The van der Waals surface area contributed by atoms with Gasteiger partial charge in [0.25, 0.3) is 0 Å². The van der Waals surface area contributed by atoms with Crippen LogP contribution in [0.3, 0.4) is 0 Å². The van der Waals surface area contributed by atoms with Crippen LogP contribution in [0.1, 0.15) is 11.5 Å². The van der Waals surface area contributed by atoms with Crippen LogP contribution in [0.25, 0.3) is 11.1 Å². The lowest BCUT2D eigenvalue weighted by Gasteiger charge is -2.07. The molecule has 0 spiro atoms. The van der Waals surface area contributed by atoms with Crippen molar-refractivity contribution in [3.8, 4) is 5.75 Å². The number of anilines is 1. The highest BCUT2D eigenvalue weighted by Crippen LogP contribution is 2.25. The fraction of sp³-hybridized carbons (Fsp3) is 0.133.